The SMILES string of the molecule is Oc1ccccc1.Oc1ccccc1.c1ccc2c(c1)CCO2. The van der Waals surface area contributed by atoms with Crippen LogP contribution in [0.25, 0.3) is 0 Å². The Hall–Kier alpha value is -2.94. The van der Waals surface area contributed by atoms with Crippen molar-refractivity contribution in [2.45, 2.75) is 6.42 Å². The highest BCUT2D eigenvalue weighted by molar-refractivity contribution is 5.35. The highest BCUT2D eigenvalue weighted by atomic mass is 16.5. The molecular weight excluding hydrogens is 288 g/mol. The van der Waals surface area contributed by atoms with Crippen LogP contribution in [-0.4, -0.2) is 16.8 Å². The molecule has 1 aliphatic rings. The van der Waals surface area contributed by atoms with Crippen LogP contribution in [0.15, 0.2) is 84.9 Å². The van der Waals surface area contributed by atoms with Gasteiger partial charge < -0.3 is 14.9 Å². The number of hydrogen-bond donors (Lipinski definition) is 2. The Labute approximate surface area is 136 Å². The van der Waals surface area contributed by atoms with E-state index < -0.39 is 0 Å². The fourth-order valence-corrected chi connectivity index (χ4v) is 1.98. The van der Waals surface area contributed by atoms with E-state index in [-0.39, 0.29) is 0 Å². The molecule has 0 aromatic heterocycles. The molecule has 0 aliphatic carbocycles. The zero-order chi connectivity index (χ0) is 16.3. The van der Waals surface area contributed by atoms with Gasteiger partial charge in [0.2, 0.25) is 0 Å². The van der Waals surface area contributed by atoms with Crippen LogP contribution in [0.1, 0.15) is 5.56 Å². The van der Waals surface area contributed by atoms with Gasteiger partial charge in [0.25, 0.3) is 0 Å². The second-order valence-corrected chi connectivity index (χ2v) is 4.88. The summed E-state index contributed by atoms with van der Waals surface area (Å²) in [7, 11) is 0. The molecular formula is C20H20O3. The largest absolute Gasteiger partial charge is 0.508 e. The number of aromatic hydroxyl groups is 2. The van der Waals surface area contributed by atoms with E-state index >= 15 is 0 Å². The molecule has 0 saturated heterocycles. The molecule has 4 rings (SSSR count). The molecule has 1 heterocycles. The van der Waals surface area contributed by atoms with Gasteiger partial charge in [-0.2, -0.15) is 0 Å². The third-order valence-corrected chi connectivity index (χ3v) is 3.11. The molecule has 3 aromatic carbocycles. The number of hydrogen-bond acceptors (Lipinski definition) is 3. The molecule has 0 radical (unpaired) electrons. The summed E-state index contributed by atoms with van der Waals surface area (Å²) < 4.78 is 5.30. The normalized spacial score (nSPS) is 11.0. The summed E-state index contributed by atoms with van der Waals surface area (Å²) in [6.07, 6.45) is 1.08. The van der Waals surface area contributed by atoms with Crippen molar-refractivity contribution in [3.05, 3.63) is 90.5 Å². The first kappa shape index (κ1) is 16.4. The lowest BCUT2D eigenvalue weighted by atomic mass is 10.2. The summed E-state index contributed by atoms with van der Waals surface area (Å²) in [5.74, 6) is 1.71. The molecule has 1 aliphatic heterocycles. The Morgan fingerprint density at radius 1 is 0.609 bits per heavy atom. The first-order valence-electron chi connectivity index (χ1n) is 7.44. The molecule has 3 aromatic rings. The maximum Gasteiger partial charge on any atom is 0.122 e. The Balaban J connectivity index is 0.000000127. The van der Waals surface area contributed by atoms with Crippen molar-refractivity contribution < 1.29 is 14.9 Å². The maximum absolute atomic E-state index is 8.63. The molecule has 0 bridgehead atoms. The van der Waals surface area contributed by atoms with Gasteiger partial charge in [0.15, 0.2) is 0 Å². The van der Waals surface area contributed by atoms with Crippen LogP contribution in [0.3, 0.4) is 0 Å². The molecule has 0 spiro atoms. The lowest BCUT2D eigenvalue weighted by molar-refractivity contribution is 0.357. The Morgan fingerprint density at radius 3 is 1.52 bits per heavy atom. The van der Waals surface area contributed by atoms with Crippen LogP contribution in [0.5, 0.6) is 17.2 Å². The first-order chi connectivity index (χ1) is 11.3. The molecule has 0 unspecified atom stereocenters. The predicted molar refractivity (Wildman–Crippen MR) is 91.9 cm³/mol. The van der Waals surface area contributed by atoms with E-state index in [1.165, 1.54) is 5.56 Å². The van der Waals surface area contributed by atoms with Crippen molar-refractivity contribution in [2.75, 3.05) is 6.61 Å². The number of rotatable bonds is 0. The van der Waals surface area contributed by atoms with E-state index in [2.05, 4.69) is 6.07 Å². The zero-order valence-electron chi connectivity index (χ0n) is 12.8. The fourth-order valence-electron chi connectivity index (χ4n) is 1.98. The van der Waals surface area contributed by atoms with E-state index in [0.717, 1.165) is 18.8 Å². The highest BCUT2D eigenvalue weighted by Gasteiger charge is 2.08. The maximum atomic E-state index is 8.63. The standard InChI is InChI=1S/C8H8O.2C6H6O/c1-2-4-8-7(3-1)5-6-9-8;2*7-6-4-2-1-3-5-6/h1-4H,5-6H2;2*1-5,7H. The summed E-state index contributed by atoms with van der Waals surface area (Å²) in [6.45, 7) is 0.860. The van der Waals surface area contributed by atoms with E-state index in [4.69, 9.17) is 14.9 Å². The van der Waals surface area contributed by atoms with E-state index in [1.54, 1.807) is 48.5 Å². The van der Waals surface area contributed by atoms with Gasteiger partial charge in [0.1, 0.15) is 17.2 Å². The summed E-state index contributed by atoms with van der Waals surface area (Å²) in [4.78, 5) is 0. The van der Waals surface area contributed by atoms with Crippen molar-refractivity contribution in [2.24, 2.45) is 0 Å². The zero-order valence-corrected chi connectivity index (χ0v) is 12.8. The number of ether oxygens (including phenoxy) is 1. The third kappa shape index (κ3) is 6.14. The van der Waals surface area contributed by atoms with Crippen molar-refractivity contribution >= 4 is 0 Å². The van der Waals surface area contributed by atoms with Crippen molar-refractivity contribution in [1.82, 2.24) is 0 Å². The van der Waals surface area contributed by atoms with Crippen molar-refractivity contribution in [1.29, 1.82) is 0 Å². The minimum Gasteiger partial charge on any atom is -0.508 e. The van der Waals surface area contributed by atoms with Gasteiger partial charge in [-0.15, -0.1) is 0 Å². The van der Waals surface area contributed by atoms with Gasteiger partial charge >= 0.3 is 0 Å². The van der Waals surface area contributed by atoms with Crippen molar-refractivity contribution in [3.8, 4) is 17.2 Å². The summed E-state index contributed by atoms with van der Waals surface area (Å²) in [5, 5.41) is 17.3. The summed E-state index contributed by atoms with van der Waals surface area (Å²) in [5.41, 5.74) is 1.34. The molecule has 3 nitrogen and oxygen atoms in total. The van der Waals surface area contributed by atoms with E-state index in [0.29, 0.717) is 11.5 Å². The van der Waals surface area contributed by atoms with E-state index in [9.17, 15) is 0 Å². The minimum absolute atomic E-state index is 0.322. The minimum atomic E-state index is 0.322. The van der Waals surface area contributed by atoms with E-state index in [1.807, 2.05) is 30.3 Å². The van der Waals surface area contributed by atoms with Crippen LogP contribution in [0.4, 0.5) is 0 Å². The van der Waals surface area contributed by atoms with Crippen LogP contribution in [0.2, 0.25) is 0 Å². The monoisotopic (exact) mass is 308 g/mol. The van der Waals surface area contributed by atoms with Gasteiger partial charge in [0, 0.05) is 6.42 Å². The second-order valence-electron chi connectivity index (χ2n) is 4.88. The number of phenols is 2. The van der Waals surface area contributed by atoms with Crippen LogP contribution >= 0.6 is 0 Å². The lowest BCUT2D eigenvalue weighted by Gasteiger charge is -1.93. The highest BCUT2D eigenvalue weighted by Crippen LogP contribution is 2.23. The van der Waals surface area contributed by atoms with Crippen LogP contribution in [-0.2, 0) is 6.42 Å². The molecule has 0 amide bonds. The molecule has 0 saturated carbocycles. The average molecular weight is 308 g/mol. The fraction of sp³-hybridized carbons (Fsp3) is 0.100. The third-order valence-electron chi connectivity index (χ3n) is 3.11. The molecule has 0 fully saturated rings. The van der Waals surface area contributed by atoms with Gasteiger partial charge in [0.05, 0.1) is 6.61 Å². The predicted octanol–water partition coefficient (Wildman–Crippen LogP) is 4.41. The first-order valence-corrected chi connectivity index (χ1v) is 7.44. The van der Waals surface area contributed by atoms with Crippen molar-refractivity contribution in [3.63, 3.8) is 0 Å². The van der Waals surface area contributed by atoms with Gasteiger partial charge in [-0.3, -0.25) is 0 Å². The molecule has 23 heavy (non-hydrogen) atoms. The Kier molecular flexibility index (Phi) is 6.54. The average Bonchev–Trinajstić information content (AvgIpc) is 3.06. The summed E-state index contributed by atoms with van der Waals surface area (Å²) >= 11 is 0. The molecule has 0 atom stereocenters. The van der Waals surface area contributed by atoms with Gasteiger partial charge in [-0.05, 0) is 35.9 Å². The molecule has 2 N–H and O–H groups in total. The Bertz CT molecular complexity index is 621. The lowest BCUT2D eigenvalue weighted by Crippen LogP contribution is -1.85. The molecule has 3 heteroatoms. The van der Waals surface area contributed by atoms with Gasteiger partial charge in [-0.25, -0.2) is 0 Å². The Morgan fingerprint density at radius 2 is 1.09 bits per heavy atom. The van der Waals surface area contributed by atoms with Crippen LogP contribution in [0, 0.1) is 0 Å². The van der Waals surface area contributed by atoms with Gasteiger partial charge in [-0.1, -0.05) is 54.6 Å². The number of phenolic OH excluding ortho intramolecular Hbond substituents is 2. The number of fused-ring (bicyclic) bond motifs is 1. The second kappa shape index (κ2) is 9.15. The van der Waals surface area contributed by atoms with Crippen LogP contribution < -0.4 is 4.74 Å². The molecule has 118 valence electrons. The number of benzene rings is 3. The summed E-state index contributed by atoms with van der Waals surface area (Å²) in [6, 6.07) is 25.6. The quantitative estimate of drug-likeness (QED) is 0.647. The topological polar surface area (TPSA) is 49.7 Å². The smallest absolute Gasteiger partial charge is 0.122 e. The number of para-hydroxylation sites is 3.